The molecule has 4 atom stereocenters. The standard InChI is InChI=1S/C42H44N4O10S/c1-6-40(26-42(40,43)37(50)45-57(52,53)30-16-11-8-12-17-30)36(49)41(35(48)18-13-21-47)24-29(25-46(41)38(51)56-39(2,3)4)55-34-23-32(27-14-9-7-10-15-27)44-33-22-28(54-5)19-20-31(33)34/h6-12,14-17,19-23,29H,1,13,18,24-26,43H2,2-5H3,(H,45,50)/t29-,40+,41+,42+/m1/s1. The average molecular weight is 797 g/mol. The predicted octanol–water partition coefficient (Wildman–Crippen LogP) is 4.93. The zero-order valence-electron chi connectivity index (χ0n) is 32.0. The molecule has 3 aromatic carbocycles. The third-order valence-corrected chi connectivity index (χ3v) is 11.7. The Labute approximate surface area is 330 Å². The number of nitrogens with one attached hydrogen (secondary N) is 1. The van der Waals surface area contributed by atoms with Crippen molar-refractivity contribution in [2.45, 2.75) is 74.1 Å². The van der Waals surface area contributed by atoms with Crippen molar-refractivity contribution in [3.8, 4) is 22.8 Å². The number of methoxy groups -OCH3 is 1. The largest absolute Gasteiger partial charge is 0.497 e. The number of aldehydes is 1. The third kappa shape index (κ3) is 7.52. The first kappa shape index (κ1) is 40.7. The molecule has 0 unspecified atom stereocenters. The summed E-state index contributed by atoms with van der Waals surface area (Å²) in [5.41, 5.74) is 0.748. The van der Waals surface area contributed by atoms with Crippen LogP contribution in [0, 0.1) is 5.41 Å². The van der Waals surface area contributed by atoms with Gasteiger partial charge >= 0.3 is 6.09 Å². The number of carbonyl (C=O) groups is 5. The van der Waals surface area contributed by atoms with Crippen LogP contribution in [0.4, 0.5) is 4.79 Å². The molecule has 2 fully saturated rings. The van der Waals surface area contributed by atoms with Gasteiger partial charge < -0.3 is 24.7 Å². The predicted molar refractivity (Wildman–Crippen MR) is 210 cm³/mol. The van der Waals surface area contributed by atoms with Crippen molar-refractivity contribution in [2.75, 3.05) is 13.7 Å². The van der Waals surface area contributed by atoms with Crippen LogP contribution in [0.25, 0.3) is 22.2 Å². The van der Waals surface area contributed by atoms with Crippen molar-refractivity contribution in [3.63, 3.8) is 0 Å². The molecule has 15 heteroatoms. The Morgan fingerprint density at radius 3 is 2.30 bits per heavy atom. The van der Waals surface area contributed by atoms with E-state index in [4.69, 9.17) is 24.9 Å². The number of hydrogen-bond donors (Lipinski definition) is 2. The molecule has 14 nitrogen and oxygen atoms in total. The van der Waals surface area contributed by atoms with Gasteiger partial charge in [0.25, 0.3) is 15.9 Å². The van der Waals surface area contributed by atoms with Gasteiger partial charge in [-0.15, -0.1) is 6.58 Å². The van der Waals surface area contributed by atoms with Gasteiger partial charge in [0.1, 0.15) is 35.0 Å². The first-order chi connectivity index (χ1) is 26.9. The highest BCUT2D eigenvalue weighted by Gasteiger charge is 2.78. The van der Waals surface area contributed by atoms with E-state index >= 15 is 4.79 Å². The molecule has 1 aliphatic carbocycles. The lowest BCUT2D eigenvalue weighted by Gasteiger charge is -2.38. The molecule has 4 aromatic rings. The molecule has 6 rings (SSSR count). The number of pyridine rings is 1. The summed E-state index contributed by atoms with van der Waals surface area (Å²) in [5.74, 6) is -2.15. The van der Waals surface area contributed by atoms with E-state index in [1.54, 1.807) is 51.1 Å². The summed E-state index contributed by atoms with van der Waals surface area (Å²) in [6, 6.07) is 23.3. The van der Waals surface area contributed by atoms with Gasteiger partial charge in [-0.25, -0.2) is 22.9 Å². The van der Waals surface area contributed by atoms with Crippen molar-refractivity contribution in [3.05, 3.63) is 97.6 Å². The van der Waals surface area contributed by atoms with Gasteiger partial charge in [-0.3, -0.25) is 19.3 Å². The Morgan fingerprint density at radius 2 is 1.68 bits per heavy atom. The van der Waals surface area contributed by atoms with E-state index in [0.717, 1.165) is 16.5 Å². The van der Waals surface area contributed by atoms with Crippen molar-refractivity contribution < 1.29 is 46.6 Å². The van der Waals surface area contributed by atoms with Crippen LogP contribution in [-0.4, -0.2) is 84.6 Å². The van der Waals surface area contributed by atoms with Gasteiger partial charge in [-0.05, 0) is 51.5 Å². The number of ketones is 2. The molecule has 1 aliphatic heterocycles. The minimum Gasteiger partial charge on any atom is -0.497 e. The maximum Gasteiger partial charge on any atom is 0.411 e. The number of likely N-dealkylation sites (tertiary alicyclic amines) is 1. The molecular formula is C42H44N4O10S. The molecule has 2 heterocycles. The SMILES string of the molecule is C=C[C@@]1(C(=O)[C@@]2(C(=O)CCC=O)C[C@@H](Oc3cc(-c4ccccc4)nc4cc(OC)ccc34)CN2C(=O)OC(C)(C)C)C[C@]1(N)C(=O)NS(=O)(=O)c1ccccc1. The lowest BCUT2D eigenvalue weighted by atomic mass is 9.75. The van der Waals surface area contributed by atoms with Crippen molar-refractivity contribution >= 4 is 50.8 Å². The molecular weight excluding hydrogens is 753 g/mol. The molecule has 0 radical (unpaired) electrons. The summed E-state index contributed by atoms with van der Waals surface area (Å²) in [4.78, 5) is 75.1. The number of nitrogens with two attached hydrogens (primary N) is 1. The number of Topliss-reactive ketones (excluding diaryl/α,β-unsaturated/α-hetero) is 2. The summed E-state index contributed by atoms with van der Waals surface area (Å²) in [6.45, 7) is 8.30. The lowest BCUT2D eigenvalue weighted by Crippen LogP contribution is -2.63. The highest BCUT2D eigenvalue weighted by Crippen LogP contribution is 2.60. The van der Waals surface area contributed by atoms with Gasteiger partial charge in [0, 0.05) is 42.3 Å². The number of aromatic nitrogens is 1. The summed E-state index contributed by atoms with van der Waals surface area (Å²) in [5, 5.41) is 0.567. The topological polar surface area (TPSA) is 201 Å². The lowest BCUT2D eigenvalue weighted by molar-refractivity contribution is -0.146. The number of carbonyl (C=O) groups excluding carboxylic acids is 5. The minimum absolute atomic E-state index is 0.219. The fraction of sp³-hybridized carbons (Fsp3) is 0.333. The van der Waals surface area contributed by atoms with Gasteiger partial charge in [0.15, 0.2) is 17.1 Å². The van der Waals surface area contributed by atoms with Gasteiger partial charge in [-0.2, -0.15) is 0 Å². The molecule has 2 aliphatic rings. The molecule has 1 saturated carbocycles. The minimum atomic E-state index is -4.43. The number of benzene rings is 3. The van der Waals surface area contributed by atoms with Crippen LogP contribution in [0.3, 0.4) is 0 Å². The van der Waals surface area contributed by atoms with Crippen LogP contribution in [0.2, 0.25) is 0 Å². The van der Waals surface area contributed by atoms with Crippen LogP contribution in [0.1, 0.15) is 46.5 Å². The Kier molecular flexibility index (Phi) is 10.9. The maximum absolute atomic E-state index is 15.3. The first-order valence-electron chi connectivity index (χ1n) is 18.2. The molecule has 298 valence electrons. The van der Waals surface area contributed by atoms with Crippen molar-refractivity contribution in [2.24, 2.45) is 11.1 Å². The number of hydrogen-bond acceptors (Lipinski definition) is 12. The Hall–Kier alpha value is -5.93. The van der Waals surface area contributed by atoms with Crippen molar-refractivity contribution in [1.82, 2.24) is 14.6 Å². The Bertz CT molecular complexity index is 2370. The summed E-state index contributed by atoms with van der Waals surface area (Å²) in [6.07, 6.45) is -2.08. The first-order valence-corrected chi connectivity index (χ1v) is 19.7. The van der Waals surface area contributed by atoms with E-state index in [-0.39, 0.29) is 17.9 Å². The molecule has 57 heavy (non-hydrogen) atoms. The number of amides is 2. The number of nitrogens with zero attached hydrogens (tertiary/aromatic N) is 2. The highest BCUT2D eigenvalue weighted by molar-refractivity contribution is 7.90. The molecule has 1 aromatic heterocycles. The zero-order valence-corrected chi connectivity index (χ0v) is 32.8. The van der Waals surface area contributed by atoms with Gasteiger partial charge in [-0.1, -0.05) is 54.6 Å². The fourth-order valence-corrected chi connectivity index (χ4v) is 8.44. The van der Waals surface area contributed by atoms with E-state index < -0.39 is 81.1 Å². The van der Waals surface area contributed by atoms with Crippen LogP contribution < -0.4 is 19.9 Å². The highest BCUT2D eigenvalue weighted by atomic mass is 32.2. The molecule has 3 N–H and O–H groups in total. The van der Waals surface area contributed by atoms with Crippen molar-refractivity contribution in [1.29, 1.82) is 0 Å². The number of sulfonamides is 1. The average Bonchev–Trinajstić information content (AvgIpc) is 3.65. The fourth-order valence-electron chi connectivity index (χ4n) is 7.38. The Morgan fingerprint density at radius 1 is 1.02 bits per heavy atom. The van der Waals surface area contributed by atoms with E-state index in [9.17, 15) is 27.6 Å². The molecule has 0 spiro atoms. The monoisotopic (exact) mass is 796 g/mol. The zero-order chi connectivity index (χ0) is 41.4. The van der Waals surface area contributed by atoms with E-state index in [1.165, 1.54) is 31.4 Å². The third-order valence-electron chi connectivity index (χ3n) is 10.3. The number of fused-ring (bicyclic) bond motifs is 1. The summed E-state index contributed by atoms with van der Waals surface area (Å²) >= 11 is 0. The van der Waals surface area contributed by atoms with Crippen LogP contribution in [-0.2, 0) is 33.9 Å². The molecule has 0 bridgehead atoms. The maximum atomic E-state index is 15.3. The second kappa shape index (κ2) is 15.2. The molecule has 2 amide bonds. The van der Waals surface area contributed by atoms with Crippen LogP contribution in [0.5, 0.6) is 11.5 Å². The smallest absolute Gasteiger partial charge is 0.411 e. The molecule has 1 saturated heterocycles. The van der Waals surface area contributed by atoms with E-state index in [2.05, 4.69) is 6.58 Å². The number of ether oxygens (including phenoxy) is 3. The van der Waals surface area contributed by atoms with Crippen LogP contribution >= 0.6 is 0 Å². The van der Waals surface area contributed by atoms with Gasteiger partial charge in [0.05, 0.1) is 35.2 Å². The summed E-state index contributed by atoms with van der Waals surface area (Å²) < 4.78 is 46.2. The van der Waals surface area contributed by atoms with Gasteiger partial charge in [0.2, 0.25) is 0 Å². The second-order valence-corrected chi connectivity index (χ2v) is 16.9. The van der Waals surface area contributed by atoms with Crippen LogP contribution in [0.15, 0.2) is 102 Å². The van der Waals surface area contributed by atoms with E-state index in [0.29, 0.717) is 34.4 Å². The van der Waals surface area contributed by atoms with E-state index in [1.807, 2.05) is 35.1 Å². The Balaban J connectivity index is 1.45. The normalized spacial score (nSPS) is 23.0. The second-order valence-electron chi connectivity index (χ2n) is 15.2. The quantitative estimate of drug-likeness (QED) is 0.0992. The summed E-state index contributed by atoms with van der Waals surface area (Å²) in [7, 11) is -2.90. The number of rotatable bonds is 14.